The minimum Gasteiger partial charge on any atom is -0.507 e. The van der Waals surface area contributed by atoms with Crippen LogP contribution in [0.1, 0.15) is 22.7 Å². The summed E-state index contributed by atoms with van der Waals surface area (Å²) in [6.07, 6.45) is 2.33. The number of phenols is 1. The zero-order chi connectivity index (χ0) is 25.4. The molecule has 1 atom stereocenters. The van der Waals surface area contributed by atoms with Crippen LogP contribution in [0.2, 0.25) is 0 Å². The number of aromatic amines is 1. The van der Waals surface area contributed by atoms with E-state index >= 15 is 0 Å². The first kappa shape index (κ1) is 23.2. The van der Waals surface area contributed by atoms with Crippen molar-refractivity contribution in [2.75, 3.05) is 13.7 Å². The van der Waals surface area contributed by atoms with Crippen LogP contribution in [0.25, 0.3) is 16.7 Å². The summed E-state index contributed by atoms with van der Waals surface area (Å²) in [6.45, 7) is 0.195. The molecule has 1 aromatic heterocycles. The molecule has 0 radical (unpaired) electrons. The number of ketones is 1. The van der Waals surface area contributed by atoms with Gasteiger partial charge in [-0.2, -0.15) is 0 Å². The number of rotatable bonds is 6. The minimum absolute atomic E-state index is 0.101. The van der Waals surface area contributed by atoms with Gasteiger partial charge in [0, 0.05) is 29.2 Å². The topological polar surface area (TPSA) is 103 Å². The fraction of sp³-hybridized carbons (Fsp3) is 0.143. The highest BCUT2D eigenvalue weighted by molar-refractivity contribution is 6.46. The number of benzene rings is 3. The number of nitrogens with zero attached hydrogens (tertiary/aromatic N) is 1. The molecule has 0 spiro atoms. The maximum Gasteiger partial charge on any atom is 0.295 e. The van der Waals surface area contributed by atoms with Crippen molar-refractivity contribution in [3.05, 3.63) is 101 Å². The quantitative estimate of drug-likeness (QED) is 0.209. The molecule has 1 unspecified atom stereocenters. The average molecular weight is 486 g/mol. The number of phenolic OH excluding ortho intramolecular Hbond substituents is 1. The van der Waals surface area contributed by atoms with E-state index in [1.165, 1.54) is 48.4 Å². The zero-order valence-electron chi connectivity index (χ0n) is 19.4. The number of Topliss-reactive ketones (excluding diaryl/α,β-unsaturated/α-hetero) is 1. The van der Waals surface area contributed by atoms with E-state index in [9.17, 15) is 24.2 Å². The summed E-state index contributed by atoms with van der Waals surface area (Å²) < 4.78 is 18.7. The van der Waals surface area contributed by atoms with E-state index in [4.69, 9.17) is 4.74 Å². The van der Waals surface area contributed by atoms with Gasteiger partial charge in [-0.1, -0.05) is 24.3 Å². The molecule has 4 aromatic rings. The molecule has 7 nitrogen and oxygen atoms in total. The standard InChI is InChI=1S/C28H23FN2O5/c1-36-23-14-17(8-11-22(23)32)25-24(26(33)16-6-9-19(29)10-7-16)27(34)28(35)31(25)13-12-18-15-30-21-5-3-2-4-20(18)21/h2-11,14-15,25,30,32-33H,12-13H2,1H3/b26-24-. The molecule has 1 amide bonds. The Hall–Kier alpha value is -4.59. The van der Waals surface area contributed by atoms with E-state index in [-0.39, 0.29) is 29.2 Å². The van der Waals surface area contributed by atoms with Crippen molar-refractivity contribution >= 4 is 28.4 Å². The number of halogens is 1. The van der Waals surface area contributed by atoms with Gasteiger partial charge in [-0.25, -0.2) is 4.39 Å². The predicted octanol–water partition coefficient (Wildman–Crippen LogP) is 4.69. The number of carbonyl (C=O) groups is 2. The lowest BCUT2D eigenvalue weighted by Crippen LogP contribution is -2.31. The van der Waals surface area contributed by atoms with Crippen LogP contribution in [-0.2, 0) is 16.0 Å². The Morgan fingerprint density at radius 1 is 1.08 bits per heavy atom. The second-order valence-electron chi connectivity index (χ2n) is 8.54. The fourth-order valence-corrected chi connectivity index (χ4v) is 4.66. The lowest BCUT2D eigenvalue weighted by Gasteiger charge is -2.25. The van der Waals surface area contributed by atoms with Gasteiger partial charge in [-0.15, -0.1) is 0 Å². The molecule has 36 heavy (non-hydrogen) atoms. The SMILES string of the molecule is COc1cc(C2/C(=C(/O)c3ccc(F)cc3)C(=O)C(=O)N2CCc2c[nH]c3ccccc23)ccc1O. The summed E-state index contributed by atoms with van der Waals surface area (Å²) in [7, 11) is 1.39. The Balaban J connectivity index is 1.59. The summed E-state index contributed by atoms with van der Waals surface area (Å²) in [6, 6.07) is 16.4. The number of carbonyl (C=O) groups excluding carboxylic acids is 2. The van der Waals surface area contributed by atoms with Crippen LogP contribution in [0.4, 0.5) is 4.39 Å². The molecule has 0 saturated carbocycles. The first-order chi connectivity index (χ1) is 17.4. The van der Waals surface area contributed by atoms with E-state index < -0.39 is 29.3 Å². The number of methoxy groups -OCH3 is 1. The minimum atomic E-state index is -0.935. The van der Waals surface area contributed by atoms with Gasteiger partial charge in [0.1, 0.15) is 11.6 Å². The lowest BCUT2D eigenvalue weighted by molar-refractivity contribution is -0.139. The van der Waals surface area contributed by atoms with Crippen LogP contribution >= 0.6 is 0 Å². The van der Waals surface area contributed by atoms with E-state index in [1.807, 2.05) is 30.5 Å². The second-order valence-corrected chi connectivity index (χ2v) is 8.54. The van der Waals surface area contributed by atoms with Crippen molar-refractivity contribution in [1.29, 1.82) is 0 Å². The second kappa shape index (κ2) is 9.22. The largest absolute Gasteiger partial charge is 0.507 e. The number of aromatic nitrogens is 1. The van der Waals surface area contributed by atoms with Gasteiger partial charge >= 0.3 is 0 Å². The fourth-order valence-electron chi connectivity index (χ4n) is 4.66. The molecule has 0 aliphatic carbocycles. The van der Waals surface area contributed by atoms with Crippen molar-refractivity contribution in [3.63, 3.8) is 0 Å². The number of hydrogen-bond donors (Lipinski definition) is 3. The van der Waals surface area contributed by atoms with Crippen LogP contribution in [0.3, 0.4) is 0 Å². The zero-order valence-corrected chi connectivity index (χ0v) is 19.4. The summed E-state index contributed by atoms with van der Waals surface area (Å²) >= 11 is 0. The summed E-state index contributed by atoms with van der Waals surface area (Å²) in [4.78, 5) is 31.0. The van der Waals surface area contributed by atoms with Crippen LogP contribution in [0, 0.1) is 5.82 Å². The van der Waals surface area contributed by atoms with E-state index in [0.717, 1.165) is 16.5 Å². The number of amides is 1. The van der Waals surface area contributed by atoms with Crippen LogP contribution in [0.15, 0.2) is 78.5 Å². The van der Waals surface area contributed by atoms with Crippen LogP contribution < -0.4 is 4.74 Å². The van der Waals surface area contributed by atoms with E-state index in [0.29, 0.717) is 12.0 Å². The molecule has 8 heteroatoms. The van der Waals surface area contributed by atoms with Gasteiger partial charge in [-0.3, -0.25) is 9.59 Å². The Morgan fingerprint density at radius 2 is 1.83 bits per heavy atom. The van der Waals surface area contributed by atoms with Crippen molar-refractivity contribution in [3.8, 4) is 11.5 Å². The predicted molar refractivity (Wildman–Crippen MR) is 132 cm³/mol. The number of likely N-dealkylation sites (tertiary alicyclic amines) is 1. The van der Waals surface area contributed by atoms with Gasteiger partial charge in [0.25, 0.3) is 11.7 Å². The Labute approximate surface area is 206 Å². The number of aromatic hydroxyl groups is 1. The molecule has 0 bridgehead atoms. The smallest absolute Gasteiger partial charge is 0.295 e. The number of aliphatic hydroxyl groups excluding tert-OH is 1. The Bertz CT molecular complexity index is 1510. The van der Waals surface area contributed by atoms with Gasteiger partial charge in [0.05, 0.1) is 18.7 Å². The summed E-state index contributed by atoms with van der Waals surface area (Å²) in [5.41, 5.74) is 2.52. The number of nitrogens with one attached hydrogen (secondary N) is 1. The highest BCUT2D eigenvalue weighted by atomic mass is 19.1. The van der Waals surface area contributed by atoms with Crippen molar-refractivity contribution in [2.24, 2.45) is 0 Å². The molecular weight excluding hydrogens is 463 g/mol. The van der Waals surface area contributed by atoms with Crippen LogP contribution in [0.5, 0.6) is 11.5 Å². The van der Waals surface area contributed by atoms with E-state index in [2.05, 4.69) is 4.98 Å². The van der Waals surface area contributed by atoms with Crippen molar-refractivity contribution in [1.82, 2.24) is 9.88 Å². The molecule has 3 N–H and O–H groups in total. The molecule has 182 valence electrons. The molecule has 1 saturated heterocycles. The number of hydrogen-bond acceptors (Lipinski definition) is 5. The average Bonchev–Trinajstić information content (AvgIpc) is 3.41. The lowest BCUT2D eigenvalue weighted by atomic mass is 9.95. The van der Waals surface area contributed by atoms with Gasteiger partial charge in [-0.05, 0) is 60.0 Å². The maximum absolute atomic E-state index is 13.5. The normalized spacial score (nSPS) is 17.2. The molecule has 5 rings (SSSR count). The molecule has 1 aliphatic heterocycles. The molecule has 2 heterocycles. The van der Waals surface area contributed by atoms with Crippen molar-refractivity contribution < 1.29 is 28.9 Å². The first-order valence-electron chi connectivity index (χ1n) is 11.3. The third-order valence-corrected chi connectivity index (χ3v) is 6.47. The summed E-state index contributed by atoms with van der Waals surface area (Å²) in [5.74, 6) is -2.43. The van der Waals surface area contributed by atoms with Gasteiger partial charge in [0.15, 0.2) is 11.5 Å². The molecule has 1 fully saturated rings. The number of H-pyrrole nitrogens is 1. The molecule has 3 aromatic carbocycles. The molecular formula is C28H23FN2O5. The Morgan fingerprint density at radius 3 is 2.58 bits per heavy atom. The first-order valence-corrected chi connectivity index (χ1v) is 11.3. The molecule has 1 aliphatic rings. The van der Waals surface area contributed by atoms with Crippen LogP contribution in [-0.4, -0.2) is 45.4 Å². The van der Waals surface area contributed by atoms with Gasteiger partial charge < -0.3 is 24.8 Å². The highest BCUT2D eigenvalue weighted by Gasteiger charge is 2.46. The number of aliphatic hydroxyl groups is 1. The maximum atomic E-state index is 13.5. The highest BCUT2D eigenvalue weighted by Crippen LogP contribution is 2.42. The van der Waals surface area contributed by atoms with Gasteiger partial charge in [0.2, 0.25) is 0 Å². The monoisotopic (exact) mass is 486 g/mol. The third kappa shape index (κ3) is 3.96. The van der Waals surface area contributed by atoms with E-state index in [1.54, 1.807) is 6.07 Å². The summed E-state index contributed by atoms with van der Waals surface area (Å²) in [5, 5.41) is 22.2. The number of para-hydroxylation sites is 1. The number of ether oxygens (including phenoxy) is 1. The third-order valence-electron chi connectivity index (χ3n) is 6.47. The Kier molecular flexibility index (Phi) is 5.93. The van der Waals surface area contributed by atoms with Crippen molar-refractivity contribution in [2.45, 2.75) is 12.5 Å². The number of fused-ring (bicyclic) bond motifs is 1.